The maximum absolute atomic E-state index is 11.5. The molecular formula is C15H22N4O. The smallest absolute Gasteiger partial charge is 0.251 e. The highest BCUT2D eigenvalue weighted by molar-refractivity contribution is 5.94. The van der Waals surface area contributed by atoms with E-state index in [0.29, 0.717) is 24.6 Å². The molecule has 0 unspecified atom stereocenters. The first kappa shape index (κ1) is 15.8. The van der Waals surface area contributed by atoms with E-state index in [1.807, 2.05) is 25.1 Å². The van der Waals surface area contributed by atoms with Gasteiger partial charge in [-0.25, -0.2) is 4.99 Å². The second-order valence-corrected chi connectivity index (χ2v) is 4.61. The summed E-state index contributed by atoms with van der Waals surface area (Å²) in [5.41, 5.74) is 8.42. The fourth-order valence-corrected chi connectivity index (χ4v) is 1.62. The molecule has 0 saturated heterocycles. The van der Waals surface area contributed by atoms with Crippen molar-refractivity contribution in [1.82, 2.24) is 10.6 Å². The molecule has 0 heterocycles. The third-order valence-corrected chi connectivity index (χ3v) is 2.66. The molecule has 5 nitrogen and oxygen atoms in total. The Hall–Kier alpha value is -2.30. The molecular weight excluding hydrogens is 252 g/mol. The Balaban J connectivity index is 2.48. The molecule has 0 atom stereocenters. The Kier molecular flexibility index (Phi) is 6.29. The molecule has 4 N–H and O–H groups in total. The molecule has 0 radical (unpaired) electrons. The standard InChI is InChI=1S/C15H22N4O/c1-11(2)10-19-15(16)18-8-7-12-5-4-6-13(9-12)14(20)17-3/h4-6,9H,1,7-8,10H2,2-3H3,(H,17,20)(H3,16,18,19). The van der Waals surface area contributed by atoms with Gasteiger partial charge in [0.1, 0.15) is 0 Å². The van der Waals surface area contributed by atoms with Crippen LogP contribution in [0.4, 0.5) is 0 Å². The van der Waals surface area contributed by atoms with E-state index >= 15 is 0 Å². The van der Waals surface area contributed by atoms with Crippen LogP contribution in [-0.2, 0) is 6.42 Å². The number of guanidine groups is 1. The summed E-state index contributed by atoms with van der Waals surface area (Å²) in [6, 6.07) is 7.52. The molecule has 5 heteroatoms. The van der Waals surface area contributed by atoms with Gasteiger partial charge < -0.3 is 16.4 Å². The Morgan fingerprint density at radius 1 is 1.45 bits per heavy atom. The van der Waals surface area contributed by atoms with E-state index in [4.69, 9.17) is 5.73 Å². The first-order valence-corrected chi connectivity index (χ1v) is 6.52. The Morgan fingerprint density at radius 2 is 2.20 bits per heavy atom. The van der Waals surface area contributed by atoms with Crippen molar-refractivity contribution in [1.29, 1.82) is 0 Å². The lowest BCUT2D eigenvalue weighted by Crippen LogP contribution is -2.33. The molecule has 0 fully saturated rings. The summed E-state index contributed by atoms with van der Waals surface area (Å²) in [5, 5.41) is 5.64. The van der Waals surface area contributed by atoms with E-state index in [2.05, 4.69) is 22.2 Å². The number of aliphatic imine (C=N–C) groups is 1. The van der Waals surface area contributed by atoms with Crippen molar-refractivity contribution in [3.05, 3.63) is 47.5 Å². The minimum absolute atomic E-state index is 0.0812. The first-order chi connectivity index (χ1) is 9.52. The Labute approximate surface area is 120 Å². The van der Waals surface area contributed by atoms with Crippen molar-refractivity contribution in [3.8, 4) is 0 Å². The number of nitrogens with one attached hydrogen (secondary N) is 2. The molecule has 0 aliphatic rings. The zero-order chi connectivity index (χ0) is 15.0. The summed E-state index contributed by atoms with van der Waals surface area (Å²) in [4.78, 5) is 15.7. The van der Waals surface area contributed by atoms with E-state index in [-0.39, 0.29) is 5.91 Å². The number of carbonyl (C=O) groups is 1. The van der Waals surface area contributed by atoms with E-state index in [1.165, 1.54) is 0 Å². The lowest BCUT2D eigenvalue weighted by atomic mass is 10.1. The van der Waals surface area contributed by atoms with Gasteiger partial charge in [0, 0.05) is 19.2 Å². The normalized spacial score (nSPS) is 11.0. The van der Waals surface area contributed by atoms with Crippen molar-refractivity contribution in [3.63, 3.8) is 0 Å². The van der Waals surface area contributed by atoms with Crippen LogP contribution in [0.15, 0.2) is 41.4 Å². The van der Waals surface area contributed by atoms with Gasteiger partial charge in [-0.2, -0.15) is 0 Å². The molecule has 1 rings (SSSR count). The highest BCUT2D eigenvalue weighted by Gasteiger charge is 2.03. The number of benzene rings is 1. The highest BCUT2D eigenvalue weighted by Crippen LogP contribution is 2.05. The summed E-state index contributed by atoms with van der Waals surface area (Å²) in [6.07, 6.45) is 0.772. The van der Waals surface area contributed by atoms with Crippen molar-refractivity contribution in [2.24, 2.45) is 10.7 Å². The zero-order valence-corrected chi connectivity index (χ0v) is 12.1. The third kappa shape index (κ3) is 5.56. The van der Waals surface area contributed by atoms with Gasteiger partial charge in [0.25, 0.3) is 5.91 Å². The molecule has 1 aromatic carbocycles. The molecule has 20 heavy (non-hydrogen) atoms. The molecule has 0 aliphatic heterocycles. The van der Waals surface area contributed by atoms with Gasteiger partial charge >= 0.3 is 0 Å². The van der Waals surface area contributed by atoms with Crippen molar-refractivity contribution < 1.29 is 4.79 Å². The number of rotatable bonds is 6. The summed E-state index contributed by atoms with van der Waals surface area (Å²) in [7, 11) is 1.62. The molecule has 0 aliphatic carbocycles. The number of nitrogens with zero attached hydrogens (tertiary/aromatic N) is 1. The first-order valence-electron chi connectivity index (χ1n) is 6.52. The highest BCUT2D eigenvalue weighted by atomic mass is 16.1. The predicted octanol–water partition coefficient (Wildman–Crippen LogP) is 1.07. The fourth-order valence-electron chi connectivity index (χ4n) is 1.62. The maximum Gasteiger partial charge on any atom is 0.251 e. The van der Waals surface area contributed by atoms with E-state index < -0.39 is 0 Å². The maximum atomic E-state index is 11.5. The SMILES string of the molecule is C=C(C)CN=C(N)NCCc1cccc(C(=O)NC)c1. The quantitative estimate of drug-likeness (QED) is 0.412. The van der Waals surface area contributed by atoms with Crippen molar-refractivity contribution in [2.45, 2.75) is 13.3 Å². The van der Waals surface area contributed by atoms with E-state index in [0.717, 1.165) is 17.6 Å². The van der Waals surface area contributed by atoms with Crippen LogP contribution in [0.3, 0.4) is 0 Å². The van der Waals surface area contributed by atoms with E-state index in [1.54, 1.807) is 13.1 Å². The van der Waals surface area contributed by atoms with Gasteiger partial charge in [-0.1, -0.05) is 24.3 Å². The number of hydrogen-bond acceptors (Lipinski definition) is 2. The molecule has 108 valence electrons. The molecule has 0 spiro atoms. The third-order valence-electron chi connectivity index (χ3n) is 2.66. The lowest BCUT2D eigenvalue weighted by molar-refractivity contribution is 0.0963. The number of nitrogens with two attached hydrogens (primary N) is 1. The second-order valence-electron chi connectivity index (χ2n) is 4.61. The van der Waals surface area contributed by atoms with Gasteiger partial charge in [-0.05, 0) is 31.0 Å². The van der Waals surface area contributed by atoms with Crippen LogP contribution < -0.4 is 16.4 Å². The Bertz CT molecular complexity index is 508. The van der Waals surface area contributed by atoms with Crippen LogP contribution in [0.5, 0.6) is 0 Å². The predicted molar refractivity (Wildman–Crippen MR) is 82.8 cm³/mol. The monoisotopic (exact) mass is 274 g/mol. The minimum Gasteiger partial charge on any atom is -0.370 e. The van der Waals surface area contributed by atoms with Gasteiger partial charge in [0.2, 0.25) is 0 Å². The van der Waals surface area contributed by atoms with Gasteiger partial charge in [0.05, 0.1) is 6.54 Å². The number of carbonyl (C=O) groups excluding carboxylic acids is 1. The van der Waals surface area contributed by atoms with Crippen LogP contribution in [-0.4, -0.2) is 32.0 Å². The summed E-state index contributed by atoms with van der Waals surface area (Å²) in [5.74, 6) is 0.331. The van der Waals surface area contributed by atoms with Crippen LogP contribution in [0.1, 0.15) is 22.8 Å². The molecule has 0 saturated carbocycles. The lowest BCUT2D eigenvalue weighted by Gasteiger charge is -2.07. The fraction of sp³-hybridized carbons (Fsp3) is 0.333. The van der Waals surface area contributed by atoms with Crippen LogP contribution in [0, 0.1) is 0 Å². The topological polar surface area (TPSA) is 79.5 Å². The molecule has 1 amide bonds. The van der Waals surface area contributed by atoms with Gasteiger partial charge in [0.15, 0.2) is 5.96 Å². The van der Waals surface area contributed by atoms with E-state index in [9.17, 15) is 4.79 Å². The van der Waals surface area contributed by atoms with Crippen molar-refractivity contribution in [2.75, 3.05) is 20.1 Å². The largest absolute Gasteiger partial charge is 0.370 e. The zero-order valence-electron chi connectivity index (χ0n) is 12.1. The molecule has 0 bridgehead atoms. The second kappa shape index (κ2) is 7.99. The molecule has 0 aromatic heterocycles. The number of amides is 1. The van der Waals surface area contributed by atoms with Gasteiger partial charge in [-0.3, -0.25) is 4.79 Å². The van der Waals surface area contributed by atoms with Crippen molar-refractivity contribution >= 4 is 11.9 Å². The molecule has 1 aromatic rings. The van der Waals surface area contributed by atoms with Crippen LogP contribution >= 0.6 is 0 Å². The minimum atomic E-state index is -0.0812. The summed E-state index contributed by atoms with van der Waals surface area (Å²) >= 11 is 0. The number of hydrogen-bond donors (Lipinski definition) is 3. The average molecular weight is 274 g/mol. The van der Waals surface area contributed by atoms with Gasteiger partial charge in [-0.15, -0.1) is 0 Å². The summed E-state index contributed by atoms with van der Waals surface area (Å²) in [6.45, 7) is 6.87. The van der Waals surface area contributed by atoms with Crippen LogP contribution in [0.2, 0.25) is 0 Å². The Morgan fingerprint density at radius 3 is 2.85 bits per heavy atom. The van der Waals surface area contributed by atoms with Crippen LogP contribution in [0.25, 0.3) is 0 Å². The summed E-state index contributed by atoms with van der Waals surface area (Å²) < 4.78 is 0. The average Bonchev–Trinajstić information content (AvgIpc) is 2.44.